The number of nitrogens with zero attached hydrogens (tertiary/aromatic N) is 1. The molecule has 23 heavy (non-hydrogen) atoms. The van der Waals surface area contributed by atoms with E-state index in [0.29, 0.717) is 23.6 Å². The van der Waals surface area contributed by atoms with Gasteiger partial charge < -0.3 is 0 Å². The molecule has 126 valence electrons. The molecule has 0 radical (unpaired) electrons. The molecule has 1 heterocycles. The van der Waals surface area contributed by atoms with E-state index in [1.54, 1.807) is 0 Å². The minimum absolute atomic E-state index is 0.0904. The molecule has 3 nitrogen and oxygen atoms in total. The predicted molar refractivity (Wildman–Crippen MR) is 93.9 cm³/mol. The fourth-order valence-corrected chi connectivity index (χ4v) is 3.41. The maximum absolute atomic E-state index is 12.9. The first-order valence-corrected chi connectivity index (χ1v) is 8.91. The Balaban J connectivity index is 2.33. The second kappa shape index (κ2) is 7.29. The Bertz CT molecular complexity index is 604. The number of imide groups is 1. The van der Waals surface area contributed by atoms with E-state index in [9.17, 15) is 9.59 Å². The number of hydrogen-bond acceptors (Lipinski definition) is 2. The van der Waals surface area contributed by atoms with Crippen molar-refractivity contribution >= 4 is 11.8 Å². The minimum atomic E-state index is -0.0973. The van der Waals surface area contributed by atoms with Crippen LogP contribution in [0.1, 0.15) is 91.1 Å². The second-order valence-corrected chi connectivity index (χ2v) is 7.01. The van der Waals surface area contributed by atoms with E-state index in [2.05, 4.69) is 27.7 Å². The van der Waals surface area contributed by atoms with Crippen molar-refractivity contribution in [3.05, 3.63) is 34.4 Å². The first-order chi connectivity index (χ1) is 10.9. The average molecular weight is 315 g/mol. The molecular formula is C20H29NO2. The van der Waals surface area contributed by atoms with Gasteiger partial charge in [-0.25, -0.2) is 0 Å². The van der Waals surface area contributed by atoms with Crippen LogP contribution in [0.2, 0.25) is 0 Å². The lowest BCUT2D eigenvalue weighted by atomic mass is 9.92. The molecule has 0 saturated heterocycles. The van der Waals surface area contributed by atoms with Gasteiger partial charge in [0, 0.05) is 6.54 Å². The Morgan fingerprint density at radius 1 is 1.04 bits per heavy atom. The van der Waals surface area contributed by atoms with Crippen LogP contribution in [0.25, 0.3) is 0 Å². The van der Waals surface area contributed by atoms with Gasteiger partial charge in [0.25, 0.3) is 11.8 Å². The largest absolute Gasteiger partial charge is 0.274 e. The van der Waals surface area contributed by atoms with Gasteiger partial charge >= 0.3 is 0 Å². The van der Waals surface area contributed by atoms with Gasteiger partial charge in [-0.15, -0.1) is 0 Å². The highest BCUT2D eigenvalue weighted by molar-refractivity contribution is 6.22. The summed E-state index contributed by atoms with van der Waals surface area (Å²) < 4.78 is 0. The van der Waals surface area contributed by atoms with Gasteiger partial charge in [-0.2, -0.15) is 0 Å². The van der Waals surface area contributed by atoms with Crippen molar-refractivity contribution < 1.29 is 9.59 Å². The number of carbonyl (C=O) groups is 2. The molecule has 0 saturated carbocycles. The lowest BCUT2D eigenvalue weighted by Gasteiger charge is -2.21. The molecule has 1 atom stereocenters. The summed E-state index contributed by atoms with van der Waals surface area (Å²) in [5.41, 5.74) is 3.18. The number of rotatable bonds is 7. The van der Waals surface area contributed by atoms with E-state index >= 15 is 0 Å². The van der Waals surface area contributed by atoms with E-state index in [-0.39, 0.29) is 17.7 Å². The molecule has 1 aromatic rings. The van der Waals surface area contributed by atoms with E-state index in [4.69, 9.17) is 0 Å². The zero-order valence-electron chi connectivity index (χ0n) is 15.1. The molecule has 2 amide bonds. The van der Waals surface area contributed by atoms with E-state index in [1.807, 2.05) is 19.1 Å². The number of unbranched alkanes of at least 4 members (excludes halogenated alkanes) is 1. The topological polar surface area (TPSA) is 37.4 Å². The maximum Gasteiger partial charge on any atom is 0.261 e. The van der Waals surface area contributed by atoms with Crippen molar-refractivity contribution in [2.24, 2.45) is 5.92 Å². The summed E-state index contributed by atoms with van der Waals surface area (Å²) in [4.78, 5) is 27.2. The Hall–Kier alpha value is -1.64. The second-order valence-electron chi connectivity index (χ2n) is 7.01. The molecular weight excluding hydrogens is 286 g/mol. The summed E-state index contributed by atoms with van der Waals surface area (Å²) in [6, 6.07) is 3.97. The summed E-state index contributed by atoms with van der Waals surface area (Å²) in [6.07, 6.45) is 4.38. The van der Waals surface area contributed by atoms with Crippen LogP contribution in [0.3, 0.4) is 0 Å². The Kier molecular flexibility index (Phi) is 5.61. The molecule has 1 aliphatic rings. The molecule has 0 bridgehead atoms. The summed E-state index contributed by atoms with van der Waals surface area (Å²) in [6.45, 7) is 10.9. The van der Waals surface area contributed by atoms with Crippen molar-refractivity contribution in [2.45, 2.75) is 66.2 Å². The quantitative estimate of drug-likeness (QED) is 0.669. The summed E-state index contributed by atoms with van der Waals surface area (Å²) >= 11 is 0. The Morgan fingerprint density at radius 2 is 1.70 bits per heavy atom. The standard InChI is InChI=1S/C20H29NO2/c1-6-8-9-15(7-2)12-21-19(22)17-14(5)10-11-16(13(3)4)18(17)20(21)23/h10-11,13,15H,6-9,12H2,1-5H3. The fraction of sp³-hybridized carbons (Fsp3) is 0.600. The third-order valence-electron chi connectivity index (χ3n) is 4.97. The van der Waals surface area contributed by atoms with E-state index in [0.717, 1.165) is 36.8 Å². The number of benzene rings is 1. The first-order valence-electron chi connectivity index (χ1n) is 8.91. The van der Waals surface area contributed by atoms with Gasteiger partial charge in [-0.05, 0) is 36.3 Å². The van der Waals surface area contributed by atoms with Crippen LogP contribution in [0.5, 0.6) is 0 Å². The molecule has 0 N–H and O–H groups in total. The van der Waals surface area contributed by atoms with Crippen molar-refractivity contribution in [1.82, 2.24) is 4.90 Å². The van der Waals surface area contributed by atoms with Crippen LogP contribution in [0, 0.1) is 12.8 Å². The van der Waals surface area contributed by atoms with Crippen molar-refractivity contribution in [2.75, 3.05) is 6.54 Å². The Labute approximate surface area is 140 Å². The van der Waals surface area contributed by atoms with Crippen molar-refractivity contribution in [3.63, 3.8) is 0 Å². The van der Waals surface area contributed by atoms with Crippen LogP contribution >= 0.6 is 0 Å². The molecule has 0 aromatic heterocycles. The molecule has 1 aliphatic heterocycles. The first kappa shape index (κ1) is 17.7. The van der Waals surface area contributed by atoms with E-state index in [1.165, 1.54) is 4.90 Å². The highest BCUT2D eigenvalue weighted by Gasteiger charge is 2.39. The molecule has 2 rings (SSSR count). The monoisotopic (exact) mass is 315 g/mol. The zero-order valence-corrected chi connectivity index (χ0v) is 15.1. The van der Waals surface area contributed by atoms with Gasteiger partial charge in [-0.3, -0.25) is 14.5 Å². The number of hydrogen-bond donors (Lipinski definition) is 0. The minimum Gasteiger partial charge on any atom is -0.274 e. The van der Waals surface area contributed by atoms with Crippen molar-refractivity contribution in [3.8, 4) is 0 Å². The van der Waals surface area contributed by atoms with Crippen molar-refractivity contribution in [1.29, 1.82) is 0 Å². The highest BCUT2D eigenvalue weighted by Crippen LogP contribution is 2.33. The lowest BCUT2D eigenvalue weighted by molar-refractivity contribution is 0.0623. The number of carbonyl (C=O) groups excluding carboxylic acids is 2. The van der Waals surface area contributed by atoms with Crippen LogP contribution in [-0.4, -0.2) is 23.3 Å². The molecule has 0 aliphatic carbocycles. The number of amides is 2. The van der Waals surface area contributed by atoms with Gasteiger partial charge in [0.15, 0.2) is 0 Å². The predicted octanol–water partition coefficient (Wildman–Crippen LogP) is 4.93. The molecule has 0 spiro atoms. The summed E-state index contributed by atoms with van der Waals surface area (Å²) in [5.74, 6) is 0.454. The third-order valence-corrected chi connectivity index (χ3v) is 4.97. The third kappa shape index (κ3) is 3.34. The SMILES string of the molecule is CCCCC(CC)CN1C(=O)c2c(C)ccc(C(C)C)c2C1=O. The molecule has 0 fully saturated rings. The van der Waals surface area contributed by atoms with Crippen LogP contribution in [-0.2, 0) is 0 Å². The van der Waals surface area contributed by atoms with Crippen LogP contribution < -0.4 is 0 Å². The normalized spacial score (nSPS) is 15.5. The molecule has 1 aromatic carbocycles. The molecule has 1 unspecified atom stereocenters. The van der Waals surface area contributed by atoms with Gasteiger partial charge in [0.1, 0.15) is 0 Å². The Morgan fingerprint density at radius 3 is 2.26 bits per heavy atom. The summed E-state index contributed by atoms with van der Waals surface area (Å²) in [5, 5.41) is 0. The highest BCUT2D eigenvalue weighted by atomic mass is 16.2. The average Bonchev–Trinajstić information content (AvgIpc) is 2.76. The fourth-order valence-electron chi connectivity index (χ4n) is 3.41. The van der Waals surface area contributed by atoms with Gasteiger partial charge in [0.05, 0.1) is 11.1 Å². The van der Waals surface area contributed by atoms with Crippen LogP contribution in [0.4, 0.5) is 0 Å². The smallest absolute Gasteiger partial charge is 0.261 e. The zero-order chi connectivity index (χ0) is 17.1. The van der Waals surface area contributed by atoms with E-state index < -0.39 is 0 Å². The number of aryl methyl sites for hydroxylation is 1. The summed E-state index contributed by atoms with van der Waals surface area (Å²) in [7, 11) is 0. The maximum atomic E-state index is 12.9. The van der Waals surface area contributed by atoms with Crippen LogP contribution in [0.15, 0.2) is 12.1 Å². The lowest BCUT2D eigenvalue weighted by Crippen LogP contribution is -2.34. The number of fused-ring (bicyclic) bond motifs is 1. The van der Waals surface area contributed by atoms with Gasteiger partial charge in [-0.1, -0.05) is 59.1 Å². The molecule has 3 heteroatoms. The van der Waals surface area contributed by atoms with Gasteiger partial charge in [0.2, 0.25) is 0 Å².